The highest BCUT2D eigenvalue weighted by Crippen LogP contribution is 2.36. The third-order valence-electron chi connectivity index (χ3n) is 2.25. The summed E-state index contributed by atoms with van der Waals surface area (Å²) >= 11 is 0. The van der Waals surface area contributed by atoms with E-state index >= 15 is 0 Å². The molecule has 8 heteroatoms. The van der Waals surface area contributed by atoms with Crippen molar-refractivity contribution in [1.29, 1.82) is 0 Å². The fraction of sp³-hybridized carbons (Fsp3) is 0.273. The van der Waals surface area contributed by atoms with Crippen LogP contribution in [0.1, 0.15) is 12.5 Å². The summed E-state index contributed by atoms with van der Waals surface area (Å²) < 4.78 is 36.7. The molecule has 1 aromatic rings. The third-order valence-corrected chi connectivity index (χ3v) is 4.48. The SMILES string of the molecule is CC(=CNS(=O)(=O)c1ccc(C)cc1)CP(=O)(O)O. The number of hydrogen-bond donors (Lipinski definition) is 3. The van der Waals surface area contributed by atoms with E-state index in [1.807, 2.05) is 6.92 Å². The Bertz CT molecular complexity index is 615. The van der Waals surface area contributed by atoms with Gasteiger partial charge in [0, 0.05) is 6.20 Å². The van der Waals surface area contributed by atoms with Crippen molar-refractivity contribution in [3.63, 3.8) is 0 Å². The van der Waals surface area contributed by atoms with Crippen LogP contribution >= 0.6 is 7.60 Å². The van der Waals surface area contributed by atoms with Crippen LogP contribution < -0.4 is 4.72 Å². The van der Waals surface area contributed by atoms with Gasteiger partial charge in [0.05, 0.1) is 11.1 Å². The fourth-order valence-electron chi connectivity index (χ4n) is 1.33. The first-order chi connectivity index (χ1) is 8.60. The lowest BCUT2D eigenvalue weighted by Crippen LogP contribution is -2.18. The second-order valence-electron chi connectivity index (χ2n) is 4.25. The molecule has 1 rings (SSSR count). The number of rotatable bonds is 5. The Morgan fingerprint density at radius 3 is 2.32 bits per heavy atom. The van der Waals surface area contributed by atoms with Crippen molar-refractivity contribution in [3.05, 3.63) is 41.6 Å². The van der Waals surface area contributed by atoms with Gasteiger partial charge in [-0.25, -0.2) is 8.42 Å². The smallest absolute Gasteiger partial charge is 0.324 e. The highest BCUT2D eigenvalue weighted by Gasteiger charge is 2.15. The van der Waals surface area contributed by atoms with E-state index in [9.17, 15) is 13.0 Å². The molecule has 3 N–H and O–H groups in total. The third kappa shape index (κ3) is 5.57. The van der Waals surface area contributed by atoms with E-state index in [4.69, 9.17) is 9.79 Å². The molecule has 0 spiro atoms. The first-order valence-corrected chi connectivity index (χ1v) is 8.67. The van der Waals surface area contributed by atoms with Gasteiger partial charge in [-0.05, 0) is 31.6 Å². The van der Waals surface area contributed by atoms with Crippen molar-refractivity contribution in [3.8, 4) is 0 Å². The van der Waals surface area contributed by atoms with E-state index in [1.165, 1.54) is 19.1 Å². The van der Waals surface area contributed by atoms with E-state index in [1.54, 1.807) is 12.1 Å². The number of sulfonamides is 1. The normalized spacial score (nSPS) is 13.4. The van der Waals surface area contributed by atoms with E-state index in [-0.39, 0.29) is 10.5 Å². The molecule has 0 aliphatic heterocycles. The van der Waals surface area contributed by atoms with E-state index in [0.29, 0.717) is 0 Å². The minimum atomic E-state index is -4.19. The van der Waals surface area contributed by atoms with E-state index in [2.05, 4.69) is 4.72 Å². The van der Waals surface area contributed by atoms with Gasteiger partial charge >= 0.3 is 7.60 Å². The maximum atomic E-state index is 11.9. The number of hydrogen-bond acceptors (Lipinski definition) is 3. The number of aryl methyl sites for hydroxylation is 1. The van der Waals surface area contributed by atoms with E-state index < -0.39 is 23.8 Å². The molecule has 0 heterocycles. The lowest BCUT2D eigenvalue weighted by molar-refractivity contribution is 0.376. The van der Waals surface area contributed by atoms with Crippen LogP contribution in [-0.2, 0) is 14.6 Å². The summed E-state index contributed by atoms with van der Waals surface area (Å²) in [5, 5.41) is 0. The molecule has 19 heavy (non-hydrogen) atoms. The summed E-state index contributed by atoms with van der Waals surface area (Å²) in [5.74, 6) is 0. The molecule has 0 bridgehead atoms. The van der Waals surface area contributed by atoms with Crippen LogP contribution in [0.25, 0.3) is 0 Å². The van der Waals surface area contributed by atoms with Gasteiger partial charge < -0.3 is 9.79 Å². The lowest BCUT2D eigenvalue weighted by Gasteiger charge is -2.07. The Kier molecular flexibility index (Phi) is 4.92. The highest BCUT2D eigenvalue weighted by atomic mass is 32.2. The molecule has 1 aromatic carbocycles. The molecule has 6 nitrogen and oxygen atoms in total. The standard InChI is InChI=1S/C11H16NO5PS/c1-9-3-5-11(6-4-9)19(16,17)12-7-10(2)8-18(13,14)15/h3-7,12H,8H2,1-2H3,(H2,13,14,15). The molecular formula is C11H16NO5PS. The zero-order valence-electron chi connectivity index (χ0n) is 10.6. The molecule has 106 valence electrons. The predicted molar refractivity (Wildman–Crippen MR) is 72.2 cm³/mol. The molecular weight excluding hydrogens is 289 g/mol. The second-order valence-corrected chi connectivity index (χ2v) is 7.61. The minimum absolute atomic E-state index is 0.0957. The fourth-order valence-corrected chi connectivity index (χ4v) is 3.06. The first kappa shape index (κ1) is 15.9. The molecule has 0 aromatic heterocycles. The van der Waals surface area contributed by atoms with Gasteiger partial charge in [0.25, 0.3) is 10.0 Å². The highest BCUT2D eigenvalue weighted by molar-refractivity contribution is 7.89. The summed E-state index contributed by atoms with van der Waals surface area (Å²) in [5.41, 5.74) is 1.19. The van der Waals surface area contributed by atoms with Crippen LogP contribution in [0.2, 0.25) is 0 Å². The van der Waals surface area contributed by atoms with Gasteiger partial charge in [0.15, 0.2) is 0 Å². The Hall–Kier alpha value is -1.14. The maximum absolute atomic E-state index is 11.9. The number of benzene rings is 1. The summed E-state index contributed by atoms with van der Waals surface area (Å²) in [6, 6.07) is 6.26. The summed E-state index contributed by atoms with van der Waals surface area (Å²) in [6.45, 7) is 3.28. The summed E-state index contributed by atoms with van der Waals surface area (Å²) in [4.78, 5) is 17.6. The zero-order valence-corrected chi connectivity index (χ0v) is 12.3. The first-order valence-electron chi connectivity index (χ1n) is 5.39. The van der Waals surface area contributed by atoms with Gasteiger partial charge in [-0.2, -0.15) is 0 Å². The van der Waals surface area contributed by atoms with Crippen molar-refractivity contribution < 1.29 is 22.8 Å². The Morgan fingerprint density at radius 2 is 1.84 bits per heavy atom. The van der Waals surface area contributed by atoms with Crippen molar-refractivity contribution in [2.75, 3.05) is 6.16 Å². The van der Waals surface area contributed by atoms with Gasteiger partial charge in [0.1, 0.15) is 0 Å². The van der Waals surface area contributed by atoms with Crippen LogP contribution in [0.15, 0.2) is 40.9 Å². The minimum Gasteiger partial charge on any atom is -0.324 e. The Labute approximate surface area is 112 Å². The van der Waals surface area contributed by atoms with Gasteiger partial charge in [0.2, 0.25) is 0 Å². The molecule has 0 fully saturated rings. The molecule has 0 unspecified atom stereocenters. The number of allylic oxidation sites excluding steroid dienone is 1. The van der Waals surface area contributed by atoms with Crippen molar-refractivity contribution in [1.82, 2.24) is 4.72 Å². The Balaban J connectivity index is 2.84. The maximum Gasteiger partial charge on any atom is 0.329 e. The summed E-state index contributed by atoms with van der Waals surface area (Å²) in [6.07, 6.45) is 0.609. The summed E-state index contributed by atoms with van der Waals surface area (Å²) in [7, 11) is -7.89. The second kappa shape index (κ2) is 5.88. The largest absolute Gasteiger partial charge is 0.329 e. The van der Waals surface area contributed by atoms with Gasteiger partial charge in [-0.1, -0.05) is 17.7 Å². The van der Waals surface area contributed by atoms with Crippen molar-refractivity contribution in [2.45, 2.75) is 18.7 Å². The Morgan fingerprint density at radius 1 is 1.32 bits per heavy atom. The molecule has 0 radical (unpaired) electrons. The molecule has 0 atom stereocenters. The molecule has 0 amide bonds. The van der Waals surface area contributed by atoms with E-state index in [0.717, 1.165) is 11.8 Å². The van der Waals surface area contributed by atoms with Crippen molar-refractivity contribution >= 4 is 17.6 Å². The average molecular weight is 305 g/mol. The van der Waals surface area contributed by atoms with Crippen molar-refractivity contribution in [2.24, 2.45) is 0 Å². The molecule has 0 saturated heterocycles. The van der Waals surface area contributed by atoms with Crippen LogP contribution in [0.5, 0.6) is 0 Å². The predicted octanol–water partition coefficient (Wildman–Crippen LogP) is 1.35. The van der Waals surface area contributed by atoms with Gasteiger partial charge in [-0.15, -0.1) is 0 Å². The van der Waals surface area contributed by atoms with Gasteiger partial charge in [-0.3, -0.25) is 9.29 Å². The average Bonchev–Trinajstić information content (AvgIpc) is 2.25. The molecule has 0 aliphatic rings. The van der Waals surface area contributed by atoms with Crippen LogP contribution in [0.3, 0.4) is 0 Å². The monoisotopic (exact) mass is 305 g/mol. The molecule has 0 aliphatic carbocycles. The van der Waals surface area contributed by atoms with Crippen LogP contribution in [0, 0.1) is 6.92 Å². The quantitative estimate of drug-likeness (QED) is 0.712. The van der Waals surface area contributed by atoms with Crippen LogP contribution in [0.4, 0.5) is 0 Å². The topological polar surface area (TPSA) is 104 Å². The molecule has 0 saturated carbocycles. The zero-order chi connectivity index (χ0) is 14.7. The lowest BCUT2D eigenvalue weighted by atomic mass is 10.2. The number of nitrogens with one attached hydrogen (secondary N) is 1. The van der Waals surface area contributed by atoms with Crippen LogP contribution in [-0.4, -0.2) is 24.4 Å².